The number of nitrogens with zero attached hydrogens (tertiary/aromatic N) is 2. The van der Waals surface area contributed by atoms with Gasteiger partial charge in [0.1, 0.15) is 4.47 Å². The van der Waals surface area contributed by atoms with Crippen LogP contribution in [0.25, 0.3) is 0 Å². The van der Waals surface area contributed by atoms with E-state index in [1.165, 1.54) is 4.68 Å². The van der Waals surface area contributed by atoms with Crippen LogP contribution in [-0.4, -0.2) is 27.5 Å². The minimum absolute atomic E-state index is 0.166. The largest absolute Gasteiger partial charge is 0.393 e. The molecule has 0 amide bonds. The van der Waals surface area contributed by atoms with Crippen molar-refractivity contribution >= 4 is 21.6 Å². The molecule has 6 heteroatoms. The zero-order valence-corrected chi connectivity index (χ0v) is 11.0. The molecule has 1 unspecified atom stereocenters. The van der Waals surface area contributed by atoms with Gasteiger partial charge < -0.3 is 10.4 Å². The van der Waals surface area contributed by atoms with E-state index in [0.29, 0.717) is 16.7 Å². The molecule has 0 saturated heterocycles. The summed E-state index contributed by atoms with van der Waals surface area (Å²) in [5, 5.41) is 16.1. The van der Waals surface area contributed by atoms with Crippen LogP contribution in [0.5, 0.6) is 0 Å². The molecule has 0 spiro atoms. The summed E-state index contributed by atoms with van der Waals surface area (Å²) in [5.74, 6) is 0. The quantitative estimate of drug-likeness (QED) is 0.797. The van der Waals surface area contributed by atoms with Crippen LogP contribution in [0.15, 0.2) is 15.5 Å². The Morgan fingerprint density at radius 3 is 3.00 bits per heavy atom. The Hall–Kier alpha value is -0.880. The van der Waals surface area contributed by atoms with E-state index >= 15 is 0 Å². The molecule has 90 valence electrons. The van der Waals surface area contributed by atoms with Crippen molar-refractivity contribution in [1.29, 1.82) is 0 Å². The van der Waals surface area contributed by atoms with E-state index in [1.807, 2.05) is 0 Å². The van der Waals surface area contributed by atoms with Gasteiger partial charge in [0.15, 0.2) is 0 Å². The summed E-state index contributed by atoms with van der Waals surface area (Å²) in [4.78, 5) is 11.5. The Kier molecular flexibility index (Phi) is 4.95. The van der Waals surface area contributed by atoms with E-state index in [1.54, 1.807) is 20.2 Å². The van der Waals surface area contributed by atoms with Crippen LogP contribution in [0.2, 0.25) is 0 Å². The number of aromatic nitrogens is 2. The zero-order chi connectivity index (χ0) is 12.1. The van der Waals surface area contributed by atoms with Crippen molar-refractivity contribution in [2.24, 2.45) is 7.05 Å². The van der Waals surface area contributed by atoms with Gasteiger partial charge in [-0.05, 0) is 35.7 Å². The maximum absolute atomic E-state index is 11.5. The van der Waals surface area contributed by atoms with Gasteiger partial charge in [0.25, 0.3) is 5.56 Å². The van der Waals surface area contributed by atoms with Gasteiger partial charge >= 0.3 is 0 Å². The average molecular weight is 290 g/mol. The summed E-state index contributed by atoms with van der Waals surface area (Å²) in [5.41, 5.74) is 0.522. The Morgan fingerprint density at radius 1 is 1.69 bits per heavy atom. The molecule has 1 aromatic heterocycles. The molecule has 1 rings (SSSR count). The molecular formula is C10H16BrN3O2. The molecule has 16 heavy (non-hydrogen) atoms. The summed E-state index contributed by atoms with van der Waals surface area (Å²) in [6, 6.07) is 0. The van der Waals surface area contributed by atoms with Crippen LogP contribution in [0.3, 0.4) is 0 Å². The number of aliphatic hydroxyl groups excluding tert-OH is 1. The lowest BCUT2D eigenvalue weighted by atomic mass is 10.2. The molecule has 0 radical (unpaired) electrons. The Balaban J connectivity index is 2.55. The van der Waals surface area contributed by atoms with E-state index in [4.69, 9.17) is 5.11 Å². The van der Waals surface area contributed by atoms with E-state index < -0.39 is 0 Å². The van der Waals surface area contributed by atoms with Gasteiger partial charge in [0.05, 0.1) is 18.0 Å². The maximum Gasteiger partial charge on any atom is 0.282 e. The third kappa shape index (κ3) is 3.61. The van der Waals surface area contributed by atoms with Crippen molar-refractivity contribution in [1.82, 2.24) is 9.78 Å². The number of halogens is 1. The number of rotatable bonds is 5. The Labute approximate surface area is 103 Å². The van der Waals surface area contributed by atoms with Crippen LogP contribution in [0.4, 0.5) is 5.69 Å². The number of hydrogen-bond acceptors (Lipinski definition) is 4. The summed E-state index contributed by atoms with van der Waals surface area (Å²) in [6.45, 7) is 2.47. The first-order valence-corrected chi connectivity index (χ1v) is 5.95. The van der Waals surface area contributed by atoms with Gasteiger partial charge in [0, 0.05) is 13.6 Å². The van der Waals surface area contributed by atoms with Crippen LogP contribution in [0, 0.1) is 0 Å². The van der Waals surface area contributed by atoms with Gasteiger partial charge in [-0.1, -0.05) is 0 Å². The van der Waals surface area contributed by atoms with Crippen LogP contribution < -0.4 is 10.9 Å². The molecule has 2 N–H and O–H groups in total. The van der Waals surface area contributed by atoms with Gasteiger partial charge in [-0.3, -0.25) is 4.79 Å². The van der Waals surface area contributed by atoms with Crippen molar-refractivity contribution in [3.8, 4) is 0 Å². The molecule has 1 heterocycles. The van der Waals surface area contributed by atoms with Gasteiger partial charge in [-0.15, -0.1) is 0 Å². The monoisotopic (exact) mass is 289 g/mol. The predicted molar refractivity (Wildman–Crippen MR) is 66.6 cm³/mol. The van der Waals surface area contributed by atoms with Crippen molar-refractivity contribution in [3.63, 3.8) is 0 Å². The van der Waals surface area contributed by atoms with E-state index in [9.17, 15) is 4.79 Å². The molecule has 0 aromatic carbocycles. The van der Waals surface area contributed by atoms with Crippen LogP contribution >= 0.6 is 15.9 Å². The minimum Gasteiger partial charge on any atom is -0.393 e. The second kappa shape index (κ2) is 6.00. The number of aryl methyl sites for hydroxylation is 1. The molecule has 0 aliphatic carbocycles. The minimum atomic E-state index is -0.285. The van der Waals surface area contributed by atoms with Crippen LogP contribution in [0.1, 0.15) is 19.8 Å². The first-order chi connectivity index (χ1) is 7.52. The highest BCUT2D eigenvalue weighted by molar-refractivity contribution is 9.10. The summed E-state index contributed by atoms with van der Waals surface area (Å²) in [6.07, 6.45) is 2.91. The lowest BCUT2D eigenvalue weighted by molar-refractivity contribution is 0.183. The highest BCUT2D eigenvalue weighted by Crippen LogP contribution is 2.15. The second-order valence-corrected chi connectivity index (χ2v) is 4.51. The molecular weight excluding hydrogens is 274 g/mol. The van der Waals surface area contributed by atoms with E-state index in [-0.39, 0.29) is 11.7 Å². The van der Waals surface area contributed by atoms with Gasteiger partial charge in [-0.25, -0.2) is 4.68 Å². The standard InChI is InChI=1S/C10H16BrN3O2/c1-7(15)4-3-5-12-8-6-13-14(2)10(16)9(8)11/h6-7,12,15H,3-5H2,1-2H3. The molecule has 0 aliphatic rings. The Morgan fingerprint density at radius 2 is 2.38 bits per heavy atom. The molecule has 0 bridgehead atoms. The highest BCUT2D eigenvalue weighted by Gasteiger charge is 2.05. The average Bonchev–Trinajstić information content (AvgIpc) is 2.23. The van der Waals surface area contributed by atoms with Crippen LogP contribution in [-0.2, 0) is 7.05 Å². The first kappa shape index (κ1) is 13.2. The molecule has 1 aromatic rings. The maximum atomic E-state index is 11.5. The Bertz CT molecular complexity index is 404. The van der Waals surface area contributed by atoms with Crippen molar-refractivity contribution in [2.45, 2.75) is 25.9 Å². The van der Waals surface area contributed by atoms with Crippen molar-refractivity contribution in [2.75, 3.05) is 11.9 Å². The molecule has 0 saturated carbocycles. The topological polar surface area (TPSA) is 67.2 Å². The van der Waals surface area contributed by atoms with Gasteiger partial charge in [-0.2, -0.15) is 5.10 Å². The summed E-state index contributed by atoms with van der Waals surface area (Å²) in [7, 11) is 1.60. The molecule has 0 fully saturated rings. The fourth-order valence-electron chi connectivity index (χ4n) is 1.25. The predicted octanol–water partition coefficient (Wildman–Crippen LogP) is 1.12. The second-order valence-electron chi connectivity index (χ2n) is 3.72. The van der Waals surface area contributed by atoms with Crippen molar-refractivity contribution in [3.05, 3.63) is 21.0 Å². The zero-order valence-electron chi connectivity index (χ0n) is 9.40. The number of aliphatic hydroxyl groups is 1. The third-order valence-corrected chi connectivity index (χ3v) is 2.96. The highest BCUT2D eigenvalue weighted by atomic mass is 79.9. The summed E-state index contributed by atoms with van der Waals surface area (Å²) < 4.78 is 1.76. The van der Waals surface area contributed by atoms with Crippen molar-refractivity contribution < 1.29 is 5.11 Å². The third-order valence-electron chi connectivity index (χ3n) is 2.19. The molecule has 0 aliphatic heterocycles. The summed E-state index contributed by atoms with van der Waals surface area (Å²) >= 11 is 3.23. The number of nitrogens with one attached hydrogen (secondary N) is 1. The number of hydrogen-bond donors (Lipinski definition) is 2. The lowest BCUT2D eigenvalue weighted by Crippen LogP contribution is -2.21. The fourth-order valence-corrected chi connectivity index (χ4v) is 1.75. The normalized spacial score (nSPS) is 12.5. The SMILES string of the molecule is CC(O)CCCNc1cnn(C)c(=O)c1Br. The molecule has 5 nitrogen and oxygen atoms in total. The smallest absolute Gasteiger partial charge is 0.282 e. The lowest BCUT2D eigenvalue weighted by Gasteiger charge is -2.09. The van der Waals surface area contributed by atoms with E-state index in [2.05, 4.69) is 26.3 Å². The number of anilines is 1. The van der Waals surface area contributed by atoms with Gasteiger partial charge in [0.2, 0.25) is 0 Å². The first-order valence-electron chi connectivity index (χ1n) is 5.16. The fraction of sp³-hybridized carbons (Fsp3) is 0.600. The van der Waals surface area contributed by atoms with E-state index in [0.717, 1.165) is 12.8 Å². The molecule has 1 atom stereocenters.